The molecule has 0 amide bonds. The zero-order valence-corrected chi connectivity index (χ0v) is 20.5. The van der Waals surface area contributed by atoms with Crippen LogP contribution in [0.4, 0.5) is 4.39 Å². The van der Waals surface area contributed by atoms with Gasteiger partial charge in [0, 0.05) is 17.2 Å². The lowest BCUT2D eigenvalue weighted by atomic mass is 10.1. The van der Waals surface area contributed by atoms with Crippen LogP contribution in [-0.2, 0) is 9.47 Å². The van der Waals surface area contributed by atoms with E-state index in [9.17, 15) is 4.39 Å². The van der Waals surface area contributed by atoms with Gasteiger partial charge in [0.25, 0.3) is 0 Å². The Hall–Kier alpha value is -3.13. The van der Waals surface area contributed by atoms with Crippen molar-refractivity contribution in [2.75, 3.05) is 40.6 Å². The second-order valence-corrected chi connectivity index (χ2v) is 8.23. The summed E-state index contributed by atoms with van der Waals surface area (Å²) in [4.78, 5) is 0.886. The van der Waals surface area contributed by atoms with Crippen molar-refractivity contribution in [3.05, 3.63) is 78.0 Å². The quantitative estimate of drug-likeness (QED) is 0.190. The Bertz CT molecular complexity index is 1150. The molecule has 0 atom stereocenters. The molecule has 1 heterocycles. The van der Waals surface area contributed by atoms with Crippen molar-refractivity contribution in [3.8, 4) is 23.0 Å². The Balaban J connectivity index is 1.82. The highest BCUT2D eigenvalue weighted by Crippen LogP contribution is 2.45. The molecule has 1 aromatic heterocycles. The number of rotatable bonds is 13. The SMILES string of the molecule is C=C(F)/C=C\C(=C/C)c1sc2cc(OC)ccc2c1Oc1ccc(OCCOCCOC)cc1. The third kappa shape index (κ3) is 6.93. The maximum Gasteiger partial charge on any atom is 0.153 e. The molecule has 0 unspecified atom stereocenters. The van der Waals surface area contributed by atoms with Crippen molar-refractivity contribution >= 4 is 27.0 Å². The van der Waals surface area contributed by atoms with Crippen LogP contribution in [-0.4, -0.2) is 40.6 Å². The van der Waals surface area contributed by atoms with Gasteiger partial charge in [0.2, 0.25) is 0 Å². The highest BCUT2D eigenvalue weighted by molar-refractivity contribution is 7.20. The van der Waals surface area contributed by atoms with E-state index in [1.54, 1.807) is 31.6 Å². The lowest BCUT2D eigenvalue weighted by Gasteiger charge is -2.11. The Morgan fingerprint density at radius 1 is 0.941 bits per heavy atom. The van der Waals surface area contributed by atoms with E-state index in [1.807, 2.05) is 55.5 Å². The zero-order chi connectivity index (χ0) is 24.3. The topological polar surface area (TPSA) is 46.2 Å². The Morgan fingerprint density at radius 2 is 1.65 bits per heavy atom. The molecule has 0 saturated carbocycles. The van der Waals surface area contributed by atoms with Gasteiger partial charge in [0.15, 0.2) is 5.75 Å². The minimum atomic E-state index is -0.510. The van der Waals surface area contributed by atoms with Crippen molar-refractivity contribution in [3.63, 3.8) is 0 Å². The van der Waals surface area contributed by atoms with Gasteiger partial charge >= 0.3 is 0 Å². The second kappa shape index (κ2) is 12.9. The number of benzene rings is 2. The van der Waals surface area contributed by atoms with Crippen LogP contribution in [0.3, 0.4) is 0 Å². The largest absolute Gasteiger partial charge is 0.497 e. The molecule has 34 heavy (non-hydrogen) atoms. The standard InChI is InChI=1S/C27H29FO5S/c1-5-20(7-6-19(2)28)27-26(24-13-12-23(30-4)18-25(24)34-27)33-22-10-8-21(9-11-22)32-17-16-31-15-14-29-3/h5-13,18H,2,14-17H2,1,3-4H3/b7-6-,20-5+. The molecular weight excluding hydrogens is 455 g/mol. The molecular formula is C27H29FO5S. The molecule has 0 saturated heterocycles. The van der Waals surface area contributed by atoms with Gasteiger partial charge in [0.05, 0.1) is 31.8 Å². The third-order valence-electron chi connectivity index (χ3n) is 4.84. The predicted octanol–water partition coefficient (Wildman–Crippen LogP) is 7.19. The lowest BCUT2D eigenvalue weighted by molar-refractivity contribution is 0.0544. The number of thiophene rings is 1. The van der Waals surface area contributed by atoms with Crippen molar-refractivity contribution in [1.82, 2.24) is 0 Å². The van der Waals surface area contributed by atoms with E-state index < -0.39 is 5.83 Å². The molecule has 0 fully saturated rings. The fourth-order valence-electron chi connectivity index (χ4n) is 3.14. The summed E-state index contributed by atoms with van der Waals surface area (Å²) < 4.78 is 42.1. The summed E-state index contributed by atoms with van der Waals surface area (Å²) in [6, 6.07) is 13.2. The fraction of sp³-hybridized carbons (Fsp3) is 0.259. The first-order valence-corrected chi connectivity index (χ1v) is 11.6. The van der Waals surface area contributed by atoms with E-state index in [-0.39, 0.29) is 0 Å². The Labute approximate surface area is 203 Å². The summed E-state index contributed by atoms with van der Waals surface area (Å²) in [7, 11) is 3.27. The molecule has 0 N–H and O–H groups in total. The first kappa shape index (κ1) is 25.5. The molecule has 180 valence electrons. The number of hydrogen-bond acceptors (Lipinski definition) is 6. The number of hydrogen-bond donors (Lipinski definition) is 0. The number of fused-ring (bicyclic) bond motifs is 1. The van der Waals surface area contributed by atoms with Gasteiger partial charge in [-0.3, -0.25) is 0 Å². The van der Waals surface area contributed by atoms with Crippen LogP contribution in [0.1, 0.15) is 11.8 Å². The fourth-order valence-corrected chi connectivity index (χ4v) is 4.35. The number of methoxy groups -OCH3 is 2. The van der Waals surface area contributed by atoms with Gasteiger partial charge in [-0.05, 0) is 61.0 Å². The highest BCUT2D eigenvalue weighted by Gasteiger charge is 2.17. The van der Waals surface area contributed by atoms with Crippen LogP contribution >= 0.6 is 11.3 Å². The predicted molar refractivity (Wildman–Crippen MR) is 136 cm³/mol. The van der Waals surface area contributed by atoms with E-state index in [0.29, 0.717) is 37.9 Å². The monoisotopic (exact) mass is 484 g/mol. The number of ether oxygens (including phenoxy) is 5. The van der Waals surface area contributed by atoms with E-state index in [0.717, 1.165) is 32.0 Å². The van der Waals surface area contributed by atoms with Crippen LogP contribution in [0.2, 0.25) is 0 Å². The van der Waals surface area contributed by atoms with Crippen LogP contribution < -0.4 is 14.2 Å². The Morgan fingerprint density at radius 3 is 2.32 bits per heavy atom. The summed E-state index contributed by atoms with van der Waals surface area (Å²) in [5, 5.41) is 0.946. The van der Waals surface area contributed by atoms with Gasteiger partial charge in [-0.25, -0.2) is 4.39 Å². The first-order chi connectivity index (χ1) is 16.5. The van der Waals surface area contributed by atoms with E-state index in [4.69, 9.17) is 23.7 Å². The molecule has 0 spiro atoms. The normalized spacial score (nSPS) is 11.8. The van der Waals surface area contributed by atoms with Crippen molar-refractivity contribution in [2.45, 2.75) is 6.92 Å². The molecule has 7 heteroatoms. The van der Waals surface area contributed by atoms with E-state index >= 15 is 0 Å². The summed E-state index contributed by atoms with van der Waals surface area (Å²) in [5.41, 5.74) is 0.836. The molecule has 5 nitrogen and oxygen atoms in total. The molecule has 0 bridgehead atoms. The smallest absolute Gasteiger partial charge is 0.153 e. The molecule has 0 aliphatic carbocycles. The van der Waals surface area contributed by atoms with Crippen molar-refractivity contribution in [1.29, 1.82) is 0 Å². The maximum atomic E-state index is 13.3. The highest BCUT2D eigenvalue weighted by atomic mass is 32.1. The lowest BCUT2D eigenvalue weighted by Crippen LogP contribution is -2.09. The molecule has 3 rings (SSSR count). The molecule has 0 radical (unpaired) electrons. The van der Waals surface area contributed by atoms with Crippen molar-refractivity contribution in [2.24, 2.45) is 0 Å². The van der Waals surface area contributed by atoms with Crippen molar-refractivity contribution < 1.29 is 28.1 Å². The minimum absolute atomic E-state index is 0.446. The number of halogens is 1. The van der Waals surface area contributed by atoms with Gasteiger partial charge in [0.1, 0.15) is 29.7 Å². The second-order valence-electron chi connectivity index (χ2n) is 7.17. The summed E-state index contributed by atoms with van der Waals surface area (Å²) in [6.45, 7) is 7.25. The summed E-state index contributed by atoms with van der Waals surface area (Å²) in [5.74, 6) is 2.33. The maximum absolute atomic E-state index is 13.3. The van der Waals surface area contributed by atoms with Crippen LogP contribution in [0.25, 0.3) is 15.7 Å². The summed E-state index contributed by atoms with van der Waals surface area (Å²) in [6.07, 6.45) is 4.96. The van der Waals surface area contributed by atoms with E-state index in [2.05, 4.69) is 6.58 Å². The molecule has 3 aromatic rings. The van der Waals surface area contributed by atoms with Gasteiger partial charge in [-0.1, -0.05) is 18.7 Å². The van der Waals surface area contributed by atoms with Crippen LogP contribution in [0.5, 0.6) is 23.0 Å². The molecule has 0 aliphatic rings. The van der Waals surface area contributed by atoms with Gasteiger partial charge < -0.3 is 23.7 Å². The van der Waals surface area contributed by atoms with Gasteiger partial charge in [-0.2, -0.15) is 0 Å². The Kier molecular flexibility index (Phi) is 9.70. The molecule has 0 aliphatic heterocycles. The average molecular weight is 485 g/mol. The zero-order valence-electron chi connectivity index (χ0n) is 19.6. The third-order valence-corrected chi connectivity index (χ3v) is 6.02. The number of allylic oxidation sites excluding steroid dienone is 5. The van der Waals surface area contributed by atoms with Crippen LogP contribution in [0, 0.1) is 0 Å². The summed E-state index contributed by atoms with van der Waals surface area (Å²) >= 11 is 1.56. The van der Waals surface area contributed by atoms with Crippen LogP contribution in [0.15, 0.2) is 73.1 Å². The minimum Gasteiger partial charge on any atom is -0.497 e. The van der Waals surface area contributed by atoms with Gasteiger partial charge in [-0.15, -0.1) is 11.3 Å². The van der Waals surface area contributed by atoms with E-state index in [1.165, 1.54) is 6.08 Å². The average Bonchev–Trinajstić information content (AvgIpc) is 3.19. The molecule has 2 aromatic carbocycles. The first-order valence-electron chi connectivity index (χ1n) is 10.8.